The summed E-state index contributed by atoms with van der Waals surface area (Å²) in [6.45, 7) is 0. The van der Waals surface area contributed by atoms with Gasteiger partial charge in [-0.2, -0.15) is 18.4 Å². The van der Waals surface area contributed by atoms with Gasteiger partial charge in [0.25, 0.3) is 0 Å². The van der Waals surface area contributed by atoms with Crippen molar-refractivity contribution in [3.8, 4) is 6.07 Å². The molecule has 0 aliphatic rings. The van der Waals surface area contributed by atoms with Crippen LogP contribution in [0.2, 0.25) is 0 Å². The molecule has 0 saturated carbocycles. The van der Waals surface area contributed by atoms with Crippen molar-refractivity contribution in [3.63, 3.8) is 0 Å². The SMILES string of the molecule is N#Cc1cc(C(F)(F)F)ccc1Nc1ncc(N)cn1. The molecule has 1 heterocycles. The zero-order valence-electron chi connectivity index (χ0n) is 9.94. The molecule has 0 unspecified atom stereocenters. The number of nitrogens with zero attached hydrogens (tertiary/aromatic N) is 3. The number of hydrogen-bond acceptors (Lipinski definition) is 5. The van der Waals surface area contributed by atoms with E-state index in [1.807, 2.05) is 0 Å². The zero-order chi connectivity index (χ0) is 14.8. The van der Waals surface area contributed by atoms with E-state index in [1.54, 1.807) is 6.07 Å². The van der Waals surface area contributed by atoms with Gasteiger partial charge in [0, 0.05) is 0 Å². The molecule has 5 nitrogen and oxygen atoms in total. The summed E-state index contributed by atoms with van der Waals surface area (Å²) in [7, 11) is 0. The highest BCUT2D eigenvalue weighted by atomic mass is 19.4. The molecule has 0 aliphatic carbocycles. The van der Waals surface area contributed by atoms with E-state index < -0.39 is 11.7 Å². The van der Waals surface area contributed by atoms with Crippen molar-refractivity contribution in [1.29, 1.82) is 5.26 Å². The van der Waals surface area contributed by atoms with Crippen molar-refractivity contribution in [2.45, 2.75) is 6.18 Å². The highest BCUT2D eigenvalue weighted by molar-refractivity contribution is 5.64. The smallest absolute Gasteiger partial charge is 0.396 e. The Bertz CT molecular complexity index is 658. The van der Waals surface area contributed by atoms with Crippen molar-refractivity contribution in [1.82, 2.24) is 9.97 Å². The molecule has 2 aromatic rings. The van der Waals surface area contributed by atoms with Crippen LogP contribution in [0, 0.1) is 11.3 Å². The van der Waals surface area contributed by atoms with Crippen molar-refractivity contribution in [2.24, 2.45) is 0 Å². The molecule has 0 atom stereocenters. The van der Waals surface area contributed by atoms with E-state index in [1.165, 1.54) is 12.4 Å². The first-order chi connectivity index (χ1) is 9.40. The van der Waals surface area contributed by atoms with Gasteiger partial charge in [-0.1, -0.05) is 0 Å². The van der Waals surface area contributed by atoms with E-state index in [2.05, 4.69) is 15.3 Å². The first-order valence-corrected chi connectivity index (χ1v) is 5.36. The summed E-state index contributed by atoms with van der Waals surface area (Å²) in [6.07, 6.45) is -1.82. The number of halogens is 3. The second-order valence-electron chi connectivity index (χ2n) is 3.83. The van der Waals surface area contributed by atoms with Crippen LogP contribution in [-0.4, -0.2) is 9.97 Å². The first kappa shape index (κ1) is 13.6. The number of nitrogens with two attached hydrogens (primary N) is 1. The lowest BCUT2D eigenvalue weighted by molar-refractivity contribution is -0.137. The molecule has 0 radical (unpaired) electrons. The van der Waals surface area contributed by atoms with Crippen LogP contribution in [0.15, 0.2) is 30.6 Å². The zero-order valence-corrected chi connectivity index (χ0v) is 9.94. The lowest BCUT2D eigenvalue weighted by Crippen LogP contribution is -2.06. The van der Waals surface area contributed by atoms with Crippen molar-refractivity contribution in [2.75, 3.05) is 11.1 Å². The largest absolute Gasteiger partial charge is 0.416 e. The van der Waals surface area contributed by atoms with Gasteiger partial charge < -0.3 is 11.1 Å². The molecule has 1 aromatic carbocycles. The van der Waals surface area contributed by atoms with Crippen LogP contribution in [0.1, 0.15) is 11.1 Å². The number of anilines is 3. The third kappa shape index (κ3) is 2.95. The Morgan fingerprint density at radius 2 is 1.85 bits per heavy atom. The molecule has 0 saturated heterocycles. The van der Waals surface area contributed by atoms with Gasteiger partial charge >= 0.3 is 6.18 Å². The van der Waals surface area contributed by atoms with Gasteiger partial charge in [-0.3, -0.25) is 0 Å². The summed E-state index contributed by atoms with van der Waals surface area (Å²) in [5.74, 6) is 0.135. The molecule has 0 amide bonds. The number of nitrogens with one attached hydrogen (secondary N) is 1. The fraction of sp³-hybridized carbons (Fsp3) is 0.0833. The van der Waals surface area contributed by atoms with E-state index in [-0.39, 0.29) is 17.2 Å². The minimum absolute atomic E-state index is 0.135. The van der Waals surface area contributed by atoms with E-state index >= 15 is 0 Å². The van der Waals surface area contributed by atoms with E-state index in [4.69, 9.17) is 11.0 Å². The second-order valence-corrected chi connectivity index (χ2v) is 3.83. The number of nitriles is 1. The summed E-state index contributed by atoms with van der Waals surface area (Å²) in [5, 5.41) is 11.6. The summed E-state index contributed by atoms with van der Waals surface area (Å²) in [4.78, 5) is 7.68. The number of aromatic nitrogens is 2. The average Bonchev–Trinajstić information content (AvgIpc) is 2.40. The molecular formula is C12H8F3N5. The molecule has 2 rings (SSSR count). The lowest BCUT2D eigenvalue weighted by atomic mass is 10.1. The molecule has 20 heavy (non-hydrogen) atoms. The van der Waals surface area contributed by atoms with Crippen LogP contribution in [-0.2, 0) is 6.18 Å². The standard InChI is InChI=1S/C12H8F3N5/c13-12(14,15)8-1-2-10(7(3-8)4-16)20-11-18-5-9(17)6-19-11/h1-3,5-6H,17H2,(H,18,19,20). The Labute approximate surface area is 111 Å². The Morgan fingerprint density at radius 3 is 2.40 bits per heavy atom. The highest BCUT2D eigenvalue weighted by Gasteiger charge is 2.31. The summed E-state index contributed by atoms with van der Waals surface area (Å²) >= 11 is 0. The van der Waals surface area contributed by atoms with Gasteiger partial charge in [-0.15, -0.1) is 0 Å². The van der Waals surface area contributed by atoms with E-state index in [0.29, 0.717) is 5.69 Å². The Morgan fingerprint density at radius 1 is 1.20 bits per heavy atom. The number of alkyl halides is 3. The van der Waals surface area contributed by atoms with Crippen molar-refractivity contribution >= 4 is 17.3 Å². The van der Waals surface area contributed by atoms with Crippen LogP contribution >= 0.6 is 0 Å². The van der Waals surface area contributed by atoms with Crippen LogP contribution < -0.4 is 11.1 Å². The summed E-state index contributed by atoms with van der Waals surface area (Å²) < 4.78 is 37.6. The quantitative estimate of drug-likeness (QED) is 0.882. The fourth-order valence-corrected chi connectivity index (χ4v) is 1.45. The average molecular weight is 279 g/mol. The maximum Gasteiger partial charge on any atom is 0.416 e. The number of benzene rings is 1. The molecular weight excluding hydrogens is 271 g/mol. The maximum absolute atomic E-state index is 12.5. The van der Waals surface area contributed by atoms with Gasteiger partial charge in [0.2, 0.25) is 5.95 Å². The molecule has 1 aromatic heterocycles. The minimum Gasteiger partial charge on any atom is -0.396 e. The number of rotatable bonds is 2. The Balaban J connectivity index is 2.33. The minimum atomic E-state index is -4.50. The topological polar surface area (TPSA) is 87.6 Å². The van der Waals surface area contributed by atoms with Gasteiger partial charge in [-0.05, 0) is 18.2 Å². The van der Waals surface area contributed by atoms with E-state index in [9.17, 15) is 13.2 Å². The van der Waals surface area contributed by atoms with Gasteiger partial charge in [0.1, 0.15) is 6.07 Å². The third-order valence-corrected chi connectivity index (χ3v) is 2.39. The monoisotopic (exact) mass is 279 g/mol. The van der Waals surface area contributed by atoms with Crippen LogP contribution in [0.25, 0.3) is 0 Å². The van der Waals surface area contributed by atoms with Crippen molar-refractivity contribution in [3.05, 3.63) is 41.7 Å². The number of nitrogen functional groups attached to an aromatic ring is 1. The first-order valence-electron chi connectivity index (χ1n) is 5.36. The van der Waals surface area contributed by atoms with Gasteiger partial charge in [0.15, 0.2) is 0 Å². The predicted molar refractivity (Wildman–Crippen MR) is 65.9 cm³/mol. The fourth-order valence-electron chi connectivity index (χ4n) is 1.45. The lowest BCUT2D eigenvalue weighted by Gasteiger charge is -2.10. The number of hydrogen-bond donors (Lipinski definition) is 2. The summed E-state index contributed by atoms with van der Waals surface area (Å²) in [5.41, 5.74) is 4.91. The Kier molecular flexibility index (Phi) is 3.43. The maximum atomic E-state index is 12.5. The van der Waals surface area contributed by atoms with Gasteiger partial charge in [0.05, 0.1) is 34.9 Å². The predicted octanol–water partition coefficient (Wildman–Crippen LogP) is 2.69. The Hall–Kier alpha value is -2.82. The molecule has 0 bridgehead atoms. The van der Waals surface area contributed by atoms with E-state index in [0.717, 1.165) is 18.2 Å². The highest BCUT2D eigenvalue weighted by Crippen LogP contribution is 2.32. The van der Waals surface area contributed by atoms with Gasteiger partial charge in [-0.25, -0.2) is 9.97 Å². The summed E-state index contributed by atoms with van der Waals surface area (Å²) in [6, 6.07) is 4.49. The van der Waals surface area contributed by atoms with Crippen LogP contribution in [0.4, 0.5) is 30.5 Å². The molecule has 0 spiro atoms. The molecule has 102 valence electrons. The molecule has 3 N–H and O–H groups in total. The third-order valence-electron chi connectivity index (χ3n) is 2.39. The van der Waals surface area contributed by atoms with Crippen LogP contribution in [0.3, 0.4) is 0 Å². The molecule has 0 fully saturated rings. The van der Waals surface area contributed by atoms with Crippen molar-refractivity contribution < 1.29 is 13.2 Å². The van der Waals surface area contributed by atoms with Crippen LogP contribution in [0.5, 0.6) is 0 Å². The molecule has 8 heteroatoms. The second kappa shape index (κ2) is 5.05. The normalized spacial score (nSPS) is 10.9. The molecule has 0 aliphatic heterocycles.